The van der Waals surface area contributed by atoms with Crippen LogP contribution in [0.25, 0.3) is 11.0 Å². The number of rotatable bonds is 9. The maximum Gasteiger partial charge on any atom is 0.327 e. The summed E-state index contributed by atoms with van der Waals surface area (Å²) in [4.78, 5) is 11.8. The summed E-state index contributed by atoms with van der Waals surface area (Å²) in [5.74, 6) is -0.251. The van der Waals surface area contributed by atoms with Crippen molar-refractivity contribution in [2.45, 2.75) is 52.0 Å². The smallest absolute Gasteiger partial charge is 0.327 e. The van der Waals surface area contributed by atoms with Crippen molar-refractivity contribution < 1.29 is 9.53 Å². The number of fused-ring (bicyclic) bond motifs is 1. The van der Waals surface area contributed by atoms with Gasteiger partial charge in [-0.05, 0) is 18.6 Å². The van der Waals surface area contributed by atoms with Crippen LogP contribution in [0.15, 0.2) is 24.3 Å². The number of nitrogens with zero attached hydrogens (tertiary/aromatic N) is 3. The van der Waals surface area contributed by atoms with Gasteiger partial charge in [-0.15, -0.1) is 5.10 Å². The maximum atomic E-state index is 11.8. The van der Waals surface area contributed by atoms with Crippen molar-refractivity contribution in [2.24, 2.45) is 0 Å². The first-order valence-electron chi connectivity index (χ1n) is 7.75. The van der Waals surface area contributed by atoms with Crippen LogP contribution in [0.4, 0.5) is 0 Å². The van der Waals surface area contributed by atoms with Crippen molar-refractivity contribution >= 4 is 17.0 Å². The van der Waals surface area contributed by atoms with E-state index in [1.54, 1.807) is 4.68 Å². The highest BCUT2D eigenvalue weighted by atomic mass is 16.5. The molecule has 0 bridgehead atoms. The topological polar surface area (TPSA) is 57.0 Å². The first-order valence-corrected chi connectivity index (χ1v) is 7.75. The molecule has 2 aromatic rings. The Balaban J connectivity index is 1.68. The minimum Gasteiger partial charge on any atom is -0.464 e. The number of aromatic nitrogens is 3. The van der Waals surface area contributed by atoms with Gasteiger partial charge >= 0.3 is 5.97 Å². The van der Waals surface area contributed by atoms with Crippen LogP contribution < -0.4 is 0 Å². The molecule has 0 saturated carbocycles. The lowest BCUT2D eigenvalue weighted by atomic mass is 10.1. The Hall–Kier alpha value is -1.91. The summed E-state index contributed by atoms with van der Waals surface area (Å²) in [5.41, 5.74) is 1.65. The fourth-order valence-corrected chi connectivity index (χ4v) is 2.27. The quantitative estimate of drug-likeness (QED) is 0.525. The number of hydrogen-bond donors (Lipinski definition) is 0. The third-order valence-electron chi connectivity index (χ3n) is 3.46. The number of para-hydroxylation sites is 1. The Labute approximate surface area is 125 Å². The van der Waals surface area contributed by atoms with E-state index in [1.165, 1.54) is 25.7 Å². The molecule has 0 spiro atoms. The minimum atomic E-state index is -0.251. The van der Waals surface area contributed by atoms with Crippen molar-refractivity contribution in [1.29, 1.82) is 0 Å². The average Bonchev–Trinajstić information content (AvgIpc) is 2.90. The zero-order chi connectivity index (χ0) is 14.9. The van der Waals surface area contributed by atoms with Gasteiger partial charge in [0.05, 0.1) is 12.1 Å². The largest absolute Gasteiger partial charge is 0.464 e. The van der Waals surface area contributed by atoms with Crippen LogP contribution in [-0.4, -0.2) is 27.6 Å². The van der Waals surface area contributed by atoms with Gasteiger partial charge < -0.3 is 4.74 Å². The predicted octanol–water partition coefficient (Wildman–Crippen LogP) is 3.34. The van der Waals surface area contributed by atoms with E-state index in [2.05, 4.69) is 17.2 Å². The zero-order valence-electron chi connectivity index (χ0n) is 12.6. The van der Waals surface area contributed by atoms with Gasteiger partial charge in [0, 0.05) is 0 Å². The second kappa shape index (κ2) is 8.39. The lowest BCUT2D eigenvalue weighted by molar-refractivity contribution is -0.144. The zero-order valence-corrected chi connectivity index (χ0v) is 12.6. The van der Waals surface area contributed by atoms with Gasteiger partial charge in [-0.1, -0.05) is 56.4 Å². The van der Waals surface area contributed by atoms with Crippen molar-refractivity contribution in [2.75, 3.05) is 6.61 Å². The second-order valence-corrected chi connectivity index (χ2v) is 5.22. The van der Waals surface area contributed by atoms with Gasteiger partial charge in [-0.25, -0.2) is 4.68 Å². The Morgan fingerprint density at radius 2 is 1.90 bits per heavy atom. The lowest BCUT2D eigenvalue weighted by Gasteiger charge is -2.05. The molecule has 0 N–H and O–H groups in total. The van der Waals surface area contributed by atoms with E-state index < -0.39 is 0 Å². The highest BCUT2D eigenvalue weighted by Crippen LogP contribution is 2.10. The van der Waals surface area contributed by atoms with Gasteiger partial charge in [0.15, 0.2) is 0 Å². The maximum absolute atomic E-state index is 11.8. The van der Waals surface area contributed by atoms with Crippen molar-refractivity contribution in [3.63, 3.8) is 0 Å². The van der Waals surface area contributed by atoms with E-state index in [0.717, 1.165) is 23.9 Å². The fraction of sp³-hybridized carbons (Fsp3) is 0.562. The van der Waals surface area contributed by atoms with Gasteiger partial charge in [-0.2, -0.15) is 0 Å². The Kier molecular flexibility index (Phi) is 6.19. The van der Waals surface area contributed by atoms with Crippen LogP contribution in [0.3, 0.4) is 0 Å². The summed E-state index contributed by atoms with van der Waals surface area (Å²) in [6.07, 6.45) is 7.10. The number of carbonyl (C=O) groups is 1. The van der Waals surface area contributed by atoms with Crippen LogP contribution in [0, 0.1) is 0 Å². The molecule has 5 heteroatoms. The number of ether oxygens (including phenoxy) is 1. The number of esters is 1. The van der Waals surface area contributed by atoms with Crippen LogP contribution in [0.2, 0.25) is 0 Å². The molecule has 2 rings (SSSR count). The first kappa shape index (κ1) is 15.5. The summed E-state index contributed by atoms with van der Waals surface area (Å²) in [6.45, 7) is 2.82. The molecule has 0 atom stereocenters. The Morgan fingerprint density at radius 3 is 2.76 bits per heavy atom. The molecule has 1 aromatic heterocycles. The highest BCUT2D eigenvalue weighted by Gasteiger charge is 2.09. The summed E-state index contributed by atoms with van der Waals surface area (Å²) in [5, 5.41) is 7.99. The van der Waals surface area contributed by atoms with Crippen LogP contribution in [0.1, 0.15) is 45.4 Å². The summed E-state index contributed by atoms with van der Waals surface area (Å²) in [6, 6.07) is 7.58. The molecule has 1 heterocycles. The molecule has 114 valence electrons. The van der Waals surface area contributed by atoms with Gasteiger partial charge in [0.1, 0.15) is 12.1 Å². The van der Waals surface area contributed by atoms with E-state index in [4.69, 9.17) is 4.74 Å². The molecule has 0 aliphatic carbocycles. The van der Waals surface area contributed by atoms with Crippen LogP contribution in [-0.2, 0) is 16.1 Å². The highest BCUT2D eigenvalue weighted by molar-refractivity contribution is 5.76. The summed E-state index contributed by atoms with van der Waals surface area (Å²) < 4.78 is 6.83. The average molecular weight is 289 g/mol. The molecule has 1 aromatic carbocycles. The third kappa shape index (κ3) is 4.85. The second-order valence-electron chi connectivity index (χ2n) is 5.22. The SMILES string of the molecule is CCCCCCCCOC(=O)Cn1nnc2ccccc21. The van der Waals surface area contributed by atoms with E-state index in [1.807, 2.05) is 24.3 Å². The Bertz CT molecular complexity index is 565. The normalized spacial score (nSPS) is 10.9. The molecule has 0 amide bonds. The number of hydrogen-bond acceptors (Lipinski definition) is 4. The molecular formula is C16H23N3O2. The lowest BCUT2D eigenvalue weighted by Crippen LogP contribution is -2.15. The number of unbranched alkanes of at least 4 members (excludes halogenated alkanes) is 5. The summed E-state index contributed by atoms with van der Waals surface area (Å²) >= 11 is 0. The molecule has 0 saturated heterocycles. The van der Waals surface area contributed by atoms with Gasteiger partial charge in [0.2, 0.25) is 0 Å². The molecule has 0 fully saturated rings. The molecule has 5 nitrogen and oxygen atoms in total. The van der Waals surface area contributed by atoms with E-state index >= 15 is 0 Å². The standard InChI is InChI=1S/C16H23N3O2/c1-2-3-4-5-6-9-12-21-16(20)13-19-15-11-8-7-10-14(15)17-18-19/h7-8,10-11H,2-6,9,12-13H2,1H3. The van der Waals surface area contributed by atoms with Crippen molar-refractivity contribution in [3.8, 4) is 0 Å². The van der Waals surface area contributed by atoms with Crippen molar-refractivity contribution in [1.82, 2.24) is 15.0 Å². The van der Waals surface area contributed by atoms with E-state index in [-0.39, 0.29) is 12.5 Å². The van der Waals surface area contributed by atoms with E-state index in [0.29, 0.717) is 6.61 Å². The molecule has 0 radical (unpaired) electrons. The minimum absolute atomic E-state index is 0.121. The molecule has 0 unspecified atom stereocenters. The monoisotopic (exact) mass is 289 g/mol. The predicted molar refractivity (Wildman–Crippen MR) is 81.9 cm³/mol. The third-order valence-corrected chi connectivity index (χ3v) is 3.46. The summed E-state index contributed by atoms with van der Waals surface area (Å²) in [7, 11) is 0. The van der Waals surface area contributed by atoms with Crippen LogP contribution in [0.5, 0.6) is 0 Å². The van der Waals surface area contributed by atoms with Gasteiger partial charge in [-0.3, -0.25) is 4.79 Å². The molecule has 0 aliphatic heterocycles. The van der Waals surface area contributed by atoms with Gasteiger partial charge in [0.25, 0.3) is 0 Å². The fourth-order valence-electron chi connectivity index (χ4n) is 2.27. The number of carbonyl (C=O) groups excluding carboxylic acids is 1. The first-order chi connectivity index (χ1) is 10.3. The molecule has 0 aliphatic rings. The van der Waals surface area contributed by atoms with E-state index in [9.17, 15) is 4.79 Å². The Morgan fingerprint density at radius 1 is 1.14 bits per heavy atom. The number of benzene rings is 1. The molecule has 21 heavy (non-hydrogen) atoms. The van der Waals surface area contributed by atoms with Crippen LogP contribution >= 0.6 is 0 Å². The van der Waals surface area contributed by atoms with Crippen molar-refractivity contribution in [3.05, 3.63) is 24.3 Å². The molecular weight excluding hydrogens is 266 g/mol.